The first kappa shape index (κ1) is 17.8. The molecule has 1 aliphatic heterocycles. The summed E-state index contributed by atoms with van der Waals surface area (Å²) in [5, 5.41) is 5.48. The van der Waals surface area contributed by atoms with E-state index in [0.29, 0.717) is 6.54 Å². The normalized spacial score (nSPS) is 13.5. The highest BCUT2D eigenvalue weighted by atomic mass is 35.5. The lowest BCUT2D eigenvalue weighted by molar-refractivity contribution is -0.129. The van der Waals surface area contributed by atoms with Gasteiger partial charge in [-0.2, -0.15) is 5.10 Å². The standard InChI is InChI=1S/C22H22ClN3O/c1-15(27)26-11-10-22-20(14-26)21(24-25(22)2)12-16-6-8-17(9-7-16)18-4-3-5-19(23)13-18/h3-9,13H,10-12,14H2,1-2H3. The molecule has 138 valence electrons. The number of rotatable bonds is 3. The lowest BCUT2D eigenvalue weighted by Gasteiger charge is -2.26. The van der Waals surface area contributed by atoms with E-state index in [9.17, 15) is 4.79 Å². The molecule has 1 aromatic heterocycles. The van der Waals surface area contributed by atoms with E-state index in [0.717, 1.165) is 41.2 Å². The van der Waals surface area contributed by atoms with Gasteiger partial charge in [-0.15, -0.1) is 0 Å². The minimum Gasteiger partial charge on any atom is -0.338 e. The van der Waals surface area contributed by atoms with Crippen LogP contribution in [-0.2, 0) is 31.2 Å². The third-order valence-corrected chi connectivity index (χ3v) is 5.49. The predicted octanol–water partition coefficient (Wildman–Crippen LogP) is 4.24. The summed E-state index contributed by atoms with van der Waals surface area (Å²) < 4.78 is 1.97. The van der Waals surface area contributed by atoms with Crippen LogP contribution in [0.1, 0.15) is 29.4 Å². The first-order valence-electron chi connectivity index (χ1n) is 9.15. The second kappa shape index (κ2) is 7.20. The molecule has 0 radical (unpaired) electrons. The molecule has 0 saturated heterocycles. The zero-order valence-electron chi connectivity index (χ0n) is 15.6. The molecule has 0 aliphatic carbocycles. The smallest absolute Gasteiger partial charge is 0.219 e. The number of hydrogen-bond acceptors (Lipinski definition) is 2. The van der Waals surface area contributed by atoms with Gasteiger partial charge in [0, 0.05) is 56.2 Å². The molecule has 0 unspecified atom stereocenters. The number of aromatic nitrogens is 2. The Labute approximate surface area is 164 Å². The van der Waals surface area contributed by atoms with Crippen LogP contribution >= 0.6 is 11.6 Å². The van der Waals surface area contributed by atoms with Gasteiger partial charge in [-0.3, -0.25) is 9.48 Å². The summed E-state index contributed by atoms with van der Waals surface area (Å²) >= 11 is 6.10. The number of halogens is 1. The van der Waals surface area contributed by atoms with Crippen molar-refractivity contribution in [3.05, 3.63) is 76.1 Å². The molecule has 2 heterocycles. The quantitative estimate of drug-likeness (QED) is 0.682. The zero-order valence-corrected chi connectivity index (χ0v) is 16.3. The fourth-order valence-corrected chi connectivity index (χ4v) is 3.95. The van der Waals surface area contributed by atoms with E-state index in [1.165, 1.54) is 16.8 Å². The number of hydrogen-bond donors (Lipinski definition) is 0. The Morgan fingerprint density at radius 1 is 1.15 bits per heavy atom. The second-order valence-electron chi connectivity index (χ2n) is 7.07. The van der Waals surface area contributed by atoms with E-state index in [-0.39, 0.29) is 5.91 Å². The first-order valence-corrected chi connectivity index (χ1v) is 9.53. The van der Waals surface area contributed by atoms with Gasteiger partial charge in [0.15, 0.2) is 0 Å². The van der Waals surface area contributed by atoms with Crippen molar-refractivity contribution in [2.24, 2.45) is 7.05 Å². The van der Waals surface area contributed by atoms with Gasteiger partial charge in [-0.1, -0.05) is 48.0 Å². The topological polar surface area (TPSA) is 38.1 Å². The molecule has 0 saturated carbocycles. The molecular formula is C22H22ClN3O. The molecule has 27 heavy (non-hydrogen) atoms. The highest BCUT2D eigenvalue weighted by molar-refractivity contribution is 6.30. The van der Waals surface area contributed by atoms with Crippen LogP contribution in [-0.4, -0.2) is 27.1 Å². The van der Waals surface area contributed by atoms with E-state index < -0.39 is 0 Å². The number of carbonyl (C=O) groups excluding carboxylic acids is 1. The maximum absolute atomic E-state index is 11.8. The van der Waals surface area contributed by atoms with E-state index in [1.54, 1.807) is 6.92 Å². The Balaban J connectivity index is 1.57. The van der Waals surface area contributed by atoms with Crippen LogP contribution in [0.15, 0.2) is 48.5 Å². The first-order chi connectivity index (χ1) is 13.0. The van der Waals surface area contributed by atoms with Crippen LogP contribution in [0, 0.1) is 0 Å². The Bertz CT molecular complexity index is 991. The van der Waals surface area contributed by atoms with Crippen LogP contribution in [0.4, 0.5) is 0 Å². The fourth-order valence-electron chi connectivity index (χ4n) is 3.76. The van der Waals surface area contributed by atoms with Crippen molar-refractivity contribution in [3.63, 3.8) is 0 Å². The van der Waals surface area contributed by atoms with Gasteiger partial charge >= 0.3 is 0 Å². The zero-order chi connectivity index (χ0) is 19.0. The summed E-state index contributed by atoms with van der Waals surface area (Å²) in [7, 11) is 1.99. The molecule has 0 fully saturated rings. The molecule has 1 aliphatic rings. The average molecular weight is 380 g/mol. The van der Waals surface area contributed by atoms with Crippen LogP contribution in [0.2, 0.25) is 5.02 Å². The number of aryl methyl sites for hydroxylation is 1. The van der Waals surface area contributed by atoms with E-state index in [1.807, 2.05) is 34.8 Å². The SMILES string of the molecule is CC(=O)N1CCc2c(c(Cc3ccc(-c4cccc(Cl)c4)cc3)nn2C)C1. The summed E-state index contributed by atoms with van der Waals surface area (Å²) in [5.41, 5.74) is 6.99. The van der Waals surface area contributed by atoms with Crippen LogP contribution in [0.5, 0.6) is 0 Å². The van der Waals surface area contributed by atoms with Gasteiger partial charge < -0.3 is 4.90 Å². The lowest BCUT2D eigenvalue weighted by Crippen LogP contribution is -2.34. The molecule has 0 atom stereocenters. The third kappa shape index (κ3) is 3.62. The van der Waals surface area contributed by atoms with Gasteiger partial charge in [-0.25, -0.2) is 0 Å². The highest BCUT2D eigenvalue weighted by Crippen LogP contribution is 2.26. The molecular weight excluding hydrogens is 358 g/mol. The van der Waals surface area contributed by atoms with Crippen molar-refractivity contribution < 1.29 is 4.79 Å². The maximum Gasteiger partial charge on any atom is 0.219 e. The molecule has 4 nitrogen and oxygen atoms in total. The minimum atomic E-state index is 0.126. The van der Waals surface area contributed by atoms with Crippen molar-refractivity contribution in [3.8, 4) is 11.1 Å². The predicted molar refractivity (Wildman–Crippen MR) is 108 cm³/mol. The largest absolute Gasteiger partial charge is 0.338 e. The Morgan fingerprint density at radius 3 is 2.63 bits per heavy atom. The monoisotopic (exact) mass is 379 g/mol. The lowest BCUT2D eigenvalue weighted by atomic mass is 9.99. The Morgan fingerprint density at radius 2 is 1.93 bits per heavy atom. The van der Waals surface area contributed by atoms with Crippen molar-refractivity contribution in [1.82, 2.24) is 14.7 Å². The summed E-state index contributed by atoms with van der Waals surface area (Å²) in [5.74, 6) is 0.126. The molecule has 3 aromatic rings. The minimum absolute atomic E-state index is 0.126. The molecule has 0 spiro atoms. The summed E-state index contributed by atoms with van der Waals surface area (Å²) in [6, 6.07) is 16.4. The Kier molecular flexibility index (Phi) is 4.75. The van der Waals surface area contributed by atoms with Crippen molar-refractivity contribution >= 4 is 17.5 Å². The number of fused-ring (bicyclic) bond motifs is 1. The van der Waals surface area contributed by atoms with Crippen molar-refractivity contribution in [2.45, 2.75) is 26.3 Å². The summed E-state index contributed by atoms with van der Waals surface area (Å²) in [6.07, 6.45) is 1.64. The van der Waals surface area contributed by atoms with Gasteiger partial charge in [-0.05, 0) is 28.8 Å². The van der Waals surface area contributed by atoms with Crippen LogP contribution in [0.25, 0.3) is 11.1 Å². The number of benzene rings is 2. The molecule has 4 rings (SSSR count). The van der Waals surface area contributed by atoms with Gasteiger partial charge in [0.05, 0.1) is 5.69 Å². The van der Waals surface area contributed by atoms with Crippen LogP contribution in [0.3, 0.4) is 0 Å². The van der Waals surface area contributed by atoms with E-state index >= 15 is 0 Å². The molecule has 0 N–H and O–H groups in total. The van der Waals surface area contributed by atoms with Gasteiger partial charge in [0.1, 0.15) is 0 Å². The molecule has 0 bridgehead atoms. The fraction of sp³-hybridized carbons (Fsp3) is 0.273. The van der Waals surface area contributed by atoms with E-state index in [4.69, 9.17) is 16.7 Å². The summed E-state index contributed by atoms with van der Waals surface area (Å²) in [6.45, 7) is 3.07. The number of amides is 1. The van der Waals surface area contributed by atoms with Crippen molar-refractivity contribution in [1.29, 1.82) is 0 Å². The number of nitrogens with zero attached hydrogens (tertiary/aromatic N) is 3. The highest BCUT2D eigenvalue weighted by Gasteiger charge is 2.25. The van der Waals surface area contributed by atoms with Crippen molar-refractivity contribution in [2.75, 3.05) is 6.54 Å². The molecule has 5 heteroatoms. The van der Waals surface area contributed by atoms with Gasteiger partial charge in [0.2, 0.25) is 5.91 Å². The summed E-state index contributed by atoms with van der Waals surface area (Å²) in [4.78, 5) is 13.7. The van der Waals surface area contributed by atoms with E-state index in [2.05, 4.69) is 30.3 Å². The molecule has 1 amide bonds. The van der Waals surface area contributed by atoms with Gasteiger partial charge in [0.25, 0.3) is 0 Å². The average Bonchev–Trinajstić information content (AvgIpc) is 2.97. The number of carbonyl (C=O) groups is 1. The Hall–Kier alpha value is -2.59. The second-order valence-corrected chi connectivity index (χ2v) is 7.51. The maximum atomic E-state index is 11.8. The molecule has 2 aromatic carbocycles. The van der Waals surface area contributed by atoms with Crippen LogP contribution < -0.4 is 0 Å². The third-order valence-electron chi connectivity index (χ3n) is 5.25.